The van der Waals surface area contributed by atoms with Crippen molar-refractivity contribution in [3.8, 4) is 5.75 Å². The Kier molecular flexibility index (Phi) is 8.11. The molecular weight excluding hydrogens is 456 g/mol. The van der Waals surface area contributed by atoms with Crippen LogP contribution in [-0.2, 0) is 30.8 Å². The van der Waals surface area contributed by atoms with E-state index in [0.29, 0.717) is 10.8 Å². The Morgan fingerprint density at radius 3 is 2.16 bits per heavy atom. The maximum atomic E-state index is 12.7. The zero-order chi connectivity index (χ0) is 23.1. The first-order chi connectivity index (χ1) is 15.3. The van der Waals surface area contributed by atoms with Crippen LogP contribution < -0.4 is 4.74 Å². The first kappa shape index (κ1) is 24.0. The van der Waals surface area contributed by atoms with Gasteiger partial charge >= 0.3 is 5.97 Å². The number of carbonyl (C=O) groups is 2. The molecule has 1 aliphatic heterocycles. The molecule has 32 heavy (non-hydrogen) atoms. The van der Waals surface area contributed by atoms with Crippen LogP contribution in [0.1, 0.15) is 12.5 Å². The van der Waals surface area contributed by atoms with Gasteiger partial charge in [-0.1, -0.05) is 30.7 Å². The molecule has 0 saturated carbocycles. The molecule has 0 aromatic heterocycles. The highest BCUT2D eigenvalue weighted by molar-refractivity contribution is 7.89. The van der Waals surface area contributed by atoms with Gasteiger partial charge in [0, 0.05) is 31.2 Å². The van der Waals surface area contributed by atoms with Gasteiger partial charge in [0.25, 0.3) is 5.91 Å². The Bertz CT molecular complexity index is 1030. The number of carbonyl (C=O) groups excluding carboxylic acids is 2. The first-order valence-corrected chi connectivity index (χ1v) is 12.0. The predicted octanol–water partition coefficient (Wildman–Crippen LogP) is 2.36. The lowest BCUT2D eigenvalue weighted by Gasteiger charge is -2.33. The number of halogens is 1. The summed E-state index contributed by atoms with van der Waals surface area (Å²) in [6.45, 7) is 2.06. The van der Waals surface area contributed by atoms with Gasteiger partial charge in [0.15, 0.2) is 13.2 Å². The summed E-state index contributed by atoms with van der Waals surface area (Å²) in [7, 11) is -3.66. The van der Waals surface area contributed by atoms with Gasteiger partial charge in [-0.15, -0.1) is 0 Å². The fourth-order valence-corrected chi connectivity index (χ4v) is 4.72. The van der Waals surface area contributed by atoms with Crippen LogP contribution in [0.3, 0.4) is 0 Å². The van der Waals surface area contributed by atoms with E-state index in [0.717, 1.165) is 12.0 Å². The van der Waals surface area contributed by atoms with Gasteiger partial charge in [-0.25, -0.2) is 13.2 Å². The van der Waals surface area contributed by atoms with E-state index >= 15 is 0 Å². The molecule has 1 saturated heterocycles. The number of aryl methyl sites for hydroxylation is 1. The van der Waals surface area contributed by atoms with Crippen LogP contribution in [0.15, 0.2) is 53.4 Å². The van der Waals surface area contributed by atoms with E-state index < -0.39 is 22.6 Å². The van der Waals surface area contributed by atoms with Gasteiger partial charge < -0.3 is 14.4 Å². The van der Waals surface area contributed by atoms with Crippen molar-refractivity contribution < 1.29 is 27.5 Å². The molecule has 0 bridgehead atoms. The molecule has 8 nitrogen and oxygen atoms in total. The van der Waals surface area contributed by atoms with Crippen molar-refractivity contribution in [2.45, 2.75) is 18.2 Å². The SMILES string of the molecule is CCc1ccc(OCC(=O)OCC(=O)N2CCN(S(=O)(=O)c3ccc(Cl)cc3)CC2)cc1. The Hall–Kier alpha value is -2.62. The maximum Gasteiger partial charge on any atom is 0.344 e. The van der Waals surface area contributed by atoms with Crippen LogP contribution in [0, 0.1) is 0 Å². The third kappa shape index (κ3) is 6.21. The van der Waals surface area contributed by atoms with E-state index in [4.69, 9.17) is 21.1 Å². The lowest BCUT2D eigenvalue weighted by Crippen LogP contribution is -2.51. The quantitative estimate of drug-likeness (QED) is 0.538. The summed E-state index contributed by atoms with van der Waals surface area (Å²) in [6, 6.07) is 13.3. The van der Waals surface area contributed by atoms with Crippen LogP contribution in [0.5, 0.6) is 5.75 Å². The van der Waals surface area contributed by atoms with Crippen molar-refractivity contribution in [3.63, 3.8) is 0 Å². The summed E-state index contributed by atoms with van der Waals surface area (Å²) in [4.78, 5) is 25.8. The van der Waals surface area contributed by atoms with Crippen LogP contribution in [0.2, 0.25) is 5.02 Å². The second-order valence-corrected chi connectivity index (χ2v) is 9.56. The number of ether oxygens (including phenoxy) is 2. The van der Waals surface area contributed by atoms with Crippen molar-refractivity contribution in [2.24, 2.45) is 0 Å². The molecule has 2 aromatic carbocycles. The zero-order valence-electron chi connectivity index (χ0n) is 17.7. The number of hydrogen-bond acceptors (Lipinski definition) is 6. The van der Waals surface area contributed by atoms with Gasteiger partial charge in [-0.3, -0.25) is 4.79 Å². The summed E-state index contributed by atoms with van der Waals surface area (Å²) < 4.78 is 37.1. The lowest BCUT2D eigenvalue weighted by atomic mass is 10.2. The minimum Gasteiger partial charge on any atom is -0.482 e. The molecule has 0 N–H and O–H groups in total. The molecule has 1 amide bonds. The molecule has 0 aliphatic carbocycles. The molecule has 0 atom stereocenters. The second kappa shape index (κ2) is 10.8. The highest BCUT2D eigenvalue weighted by Gasteiger charge is 2.30. The zero-order valence-corrected chi connectivity index (χ0v) is 19.3. The number of esters is 1. The lowest BCUT2D eigenvalue weighted by molar-refractivity contribution is -0.154. The summed E-state index contributed by atoms with van der Waals surface area (Å²) in [5.41, 5.74) is 1.16. The normalized spacial score (nSPS) is 14.8. The van der Waals surface area contributed by atoms with Crippen molar-refractivity contribution in [1.29, 1.82) is 0 Å². The van der Waals surface area contributed by atoms with E-state index in [2.05, 4.69) is 0 Å². The average Bonchev–Trinajstić information content (AvgIpc) is 2.82. The maximum absolute atomic E-state index is 12.7. The fraction of sp³-hybridized carbons (Fsp3) is 0.364. The molecule has 1 heterocycles. The molecule has 1 aliphatic rings. The predicted molar refractivity (Wildman–Crippen MR) is 119 cm³/mol. The summed E-state index contributed by atoms with van der Waals surface area (Å²) in [5.74, 6) is -0.487. The number of hydrogen-bond donors (Lipinski definition) is 0. The molecule has 172 valence electrons. The number of sulfonamides is 1. The van der Waals surface area contributed by atoms with E-state index in [1.54, 1.807) is 12.1 Å². The van der Waals surface area contributed by atoms with E-state index in [-0.39, 0.29) is 43.6 Å². The van der Waals surface area contributed by atoms with E-state index in [9.17, 15) is 18.0 Å². The second-order valence-electron chi connectivity index (χ2n) is 7.19. The minimum atomic E-state index is -3.66. The van der Waals surface area contributed by atoms with Gasteiger partial charge in [-0.05, 0) is 48.4 Å². The fourth-order valence-electron chi connectivity index (χ4n) is 3.17. The van der Waals surface area contributed by atoms with Gasteiger partial charge in [0.2, 0.25) is 10.0 Å². The van der Waals surface area contributed by atoms with Crippen LogP contribution >= 0.6 is 11.6 Å². The number of rotatable bonds is 8. The number of nitrogens with zero attached hydrogens (tertiary/aromatic N) is 2. The standard InChI is InChI=1S/C22H25ClN2O6S/c1-2-17-3-7-19(8-4-17)30-16-22(27)31-15-21(26)24-11-13-25(14-12-24)32(28,29)20-9-5-18(23)6-10-20/h3-10H,2,11-16H2,1H3. The highest BCUT2D eigenvalue weighted by Crippen LogP contribution is 2.20. The van der Waals surface area contributed by atoms with Crippen LogP contribution in [-0.4, -0.2) is 68.9 Å². The summed E-state index contributed by atoms with van der Waals surface area (Å²) >= 11 is 5.82. The molecule has 0 spiro atoms. The molecule has 0 radical (unpaired) electrons. The number of benzene rings is 2. The summed E-state index contributed by atoms with van der Waals surface area (Å²) in [5, 5.41) is 0.453. The van der Waals surface area contributed by atoms with Crippen molar-refractivity contribution in [3.05, 3.63) is 59.1 Å². The van der Waals surface area contributed by atoms with Gasteiger partial charge in [0.1, 0.15) is 5.75 Å². The Balaban J connectivity index is 1.42. The monoisotopic (exact) mass is 480 g/mol. The van der Waals surface area contributed by atoms with Crippen LogP contribution in [0.4, 0.5) is 0 Å². The molecule has 3 rings (SSSR count). The van der Waals surface area contributed by atoms with E-state index in [1.807, 2.05) is 19.1 Å². The van der Waals surface area contributed by atoms with Crippen molar-refractivity contribution >= 4 is 33.5 Å². The third-order valence-corrected chi connectivity index (χ3v) is 7.25. The van der Waals surface area contributed by atoms with Crippen molar-refractivity contribution in [1.82, 2.24) is 9.21 Å². The van der Waals surface area contributed by atoms with Crippen molar-refractivity contribution in [2.75, 3.05) is 39.4 Å². The van der Waals surface area contributed by atoms with E-state index in [1.165, 1.54) is 33.5 Å². The summed E-state index contributed by atoms with van der Waals surface area (Å²) in [6.07, 6.45) is 0.908. The third-order valence-electron chi connectivity index (χ3n) is 5.09. The van der Waals surface area contributed by atoms with Gasteiger partial charge in [-0.2, -0.15) is 4.31 Å². The topological polar surface area (TPSA) is 93.2 Å². The van der Waals surface area contributed by atoms with Crippen LogP contribution in [0.25, 0.3) is 0 Å². The van der Waals surface area contributed by atoms with Gasteiger partial charge in [0.05, 0.1) is 4.90 Å². The molecular formula is C22H25ClN2O6S. The average molecular weight is 481 g/mol. The molecule has 0 unspecified atom stereocenters. The molecule has 1 fully saturated rings. The largest absolute Gasteiger partial charge is 0.482 e. The molecule has 10 heteroatoms. The first-order valence-electron chi connectivity index (χ1n) is 10.2. The highest BCUT2D eigenvalue weighted by atomic mass is 35.5. The number of amides is 1. The Morgan fingerprint density at radius 2 is 1.56 bits per heavy atom. The number of piperazine rings is 1. The molecule has 2 aromatic rings. The Labute approximate surface area is 192 Å². The Morgan fingerprint density at radius 1 is 0.938 bits per heavy atom. The smallest absolute Gasteiger partial charge is 0.344 e. The minimum absolute atomic E-state index is 0.153.